The van der Waals surface area contributed by atoms with E-state index in [1.807, 2.05) is 0 Å². The van der Waals surface area contributed by atoms with Crippen LogP contribution in [-0.4, -0.2) is 0 Å². The van der Waals surface area contributed by atoms with Gasteiger partial charge in [0.1, 0.15) is 0 Å². The van der Waals surface area contributed by atoms with Crippen LogP contribution in [-0.2, 0) is 10.8 Å². The Hall–Kier alpha value is -8.20. The molecule has 2 nitrogen and oxygen atoms in total. The lowest BCUT2D eigenvalue weighted by molar-refractivity contribution is 0.425. The molecule has 0 aliphatic heterocycles. The Labute approximate surface area is 427 Å². The van der Waals surface area contributed by atoms with Crippen molar-refractivity contribution in [2.75, 3.05) is 9.80 Å². The van der Waals surface area contributed by atoms with Crippen LogP contribution in [0.4, 0.5) is 34.1 Å². The van der Waals surface area contributed by atoms with Crippen LogP contribution in [0.1, 0.15) is 66.1 Å². The van der Waals surface area contributed by atoms with Gasteiger partial charge in [-0.3, -0.25) is 0 Å². The van der Waals surface area contributed by atoms with Crippen LogP contribution in [0.25, 0.3) is 44.5 Å². The summed E-state index contributed by atoms with van der Waals surface area (Å²) in [6.45, 7) is 16.2. The number of nitrogens with zero attached hydrogens (tertiary/aromatic N) is 2. The van der Waals surface area contributed by atoms with E-state index in [4.69, 9.17) is 0 Å². The minimum absolute atomic E-state index is 0.0374. The van der Waals surface area contributed by atoms with Gasteiger partial charge in [0.05, 0.1) is 0 Å². The van der Waals surface area contributed by atoms with E-state index in [1.54, 1.807) is 0 Å². The van der Waals surface area contributed by atoms with Crippen molar-refractivity contribution in [3.8, 4) is 44.5 Å². The van der Waals surface area contributed by atoms with Crippen molar-refractivity contribution in [2.24, 2.45) is 0 Å². The summed E-state index contributed by atoms with van der Waals surface area (Å²) < 4.78 is 0. The van der Waals surface area contributed by atoms with Crippen molar-refractivity contribution < 1.29 is 0 Å². The molecule has 1 aliphatic rings. The zero-order valence-electron chi connectivity index (χ0n) is 42.6. The third-order valence-corrected chi connectivity index (χ3v) is 15.4. The van der Waals surface area contributed by atoms with Gasteiger partial charge in [-0.2, -0.15) is 0 Å². The lowest BCUT2D eigenvalue weighted by Crippen LogP contribution is -2.23. The lowest BCUT2D eigenvalue weighted by atomic mass is 9.75. The average Bonchev–Trinajstić information content (AvgIpc) is 3.62. The molecule has 0 bridgehead atoms. The molecule has 0 aromatic heterocycles. The molecule has 0 saturated carbocycles. The Bertz CT molecular complexity index is 3590. The average molecular weight is 931 g/mol. The maximum Gasteiger partial charge on any atom is 0.0491 e. The largest absolute Gasteiger partial charge is 0.310 e. The first-order valence-corrected chi connectivity index (χ1v) is 25.5. The van der Waals surface area contributed by atoms with Gasteiger partial charge in [0.25, 0.3) is 0 Å². The fraction of sp³-hybridized carbons (Fsp3) is 0.143. The standard InChI is InChI=1S/C70H62N2/c1-48-20-14-16-30-63(48)56-32-40-67(50(3)42-56)71(60-28-18-26-54(44-60)52-22-10-8-11-23-52)59-36-34-58(35-37-59)70(7)47-69(5,6)65-39-38-62(46-66(65)70)72(61-29-19-27-55(45-61)53-24-12-9-13-25-53)68-41-33-57(43-51(68)4)64-31-17-15-21-49(64)2/h8-46H,47H2,1-7H3. The van der Waals surface area contributed by atoms with Crippen molar-refractivity contribution in [2.45, 2.75) is 65.7 Å². The highest BCUT2D eigenvalue weighted by Gasteiger charge is 2.46. The van der Waals surface area contributed by atoms with E-state index in [2.05, 4.69) is 295 Å². The molecule has 0 N–H and O–H groups in total. The van der Waals surface area contributed by atoms with Gasteiger partial charge in [-0.1, -0.05) is 185 Å². The molecule has 0 fully saturated rings. The minimum Gasteiger partial charge on any atom is -0.310 e. The minimum atomic E-state index is -0.252. The molecule has 10 aromatic rings. The van der Waals surface area contributed by atoms with Gasteiger partial charge in [-0.25, -0.2) is 0 Å². The molecule has 0 spiro atoms. The fourth-order valence-electron chi connectivity index (χ4n) is 11.7. The molecule has 0 heterocycles. The van der Waals surface area contributed by atoms with Gasteiger partial charge in [0, 0.05) is 39.5 Å². The molecular weight excluding hydrogens is 869 g/mol. The summed E-state index contributed by atoms with van der Waals surface area (Å²) in [4.78, 5) is 4.92. The van der Waals surface area contributed by atoms with E-state index in [0.717, 1.165) is 34.9 Å². The van der Waals surface area contributed by atoms with Gasteiger partial charge in [-0.05, 0) is 196 Å². The topological polar surface area (TPSA) is 6.48 Å². The second kappa shape index (κ2) is 18.9. The Morgan fingerprint density at radius 1 is 0.306 bits per heavy atom. The molecule has 1 unspecified atom stereocenters. The molecule has 0 amide bonds. The molecule has 11 rings (SSSR count). The second-order valence-electron chi connectivity index (χ2n) is 20.8. The quantitative estimate of drug-likeness (QED) is 0.128. The van der Waals surface area contributed by atoms with Crippen molar-refractivity contribution in [3.05, 3.63) is 276 Å². The van der Waals surface area contributed by atoms with Crippen molar-refractivity contribution in [1.82, 2.24) is 0 Å². The van der Waals surface area contributed by atoms with Gasteiger partial charge in [0.2, 0.25) is 0 Å². The van der Waals surface area contributed by atoms with E-state index in [9.17, 15) is 0 Å². The first-order chi connectivity index (χ1) is 34.9. The van der Waals surface area contributed by atoms with Gasteiger partial charge < -0.3 is 9.80 Å². The molecule has 10 aromatic carbocycles. The van der Waals surface area contributed by atoms with E-state index in [0.29, 0.717) is 0 Å². The number of aryl methyl sites for hydroxylation is 4. The van der Waals surface area contributed by atoms with Crippen LogP contribution < -0.4 is 9.80 Å². The zero-order valence-corrected chi connectivity index (χ0v) is 42.6. The number of rotatable bonds is 11. The smallest absolute Gasteiger partial charge is 0.0491 e. The van der Waals surface area contributed by atoms with Crippen LogP contribution in [0, 0.1) is 27.7 Å². The normalized spacial score (nSPS) is 14.7. The van der Waals surface area contributed by atoms with Gasteiger partial charge in [0.15, 0.2) is 0 Å². The first kappa shape index (κ1) is 46.2. The summed E-state index contributed by atoms with van der Waals surface area (Å²) in [5.41, 5.74) is 25.4. The maximum atomic E-state index is 2.50. The Morgan fingerprint density at radius 2 is 0.736 bits per heavy atom. The second-order valence-corrected chi connectivity index (χ2v) is 20.8. The number of hydrogen-bond acceptors (Lipinski definition) is 2. The van der Waals surface area contributed by atoms with E-state index in [-0.39, 0.29) is 10.8 Å². The molecule has 352 valence electrons. The molecule has 0 radical (unpaired) electrons. The number of benzene rings is 10. The van der Waals surface area contributed by atoms with Crippen LogP contribution in [0.2, 0.25) is 0 Å². The van der Waals surface area contributed by atoms with E-state index >= 15 is 0 Å². The summed E-state index contributed by atoms with van der Waals surface area (Å²) in [7, 11) is 0. The highest BCUT2D eigenvalue weighted by atomic mass is 15.1. The molecule has 72 heavy (non-hydrogen) atoms. The van der Waals surface area contributed by atoms with Crippen LogP contribution in [0.5, 0.6) is 0 Å². The zero-order chi connectivity index (χ0) is 49.6. The highest BCUT2D eigenvalue weighted by Crippen LogP contribution is 2.55. The first-order valence-electron chi connectivity index (χ1n) is 25.5. The van der Waals surface area contributed by atoms with Crippen molar-refractivity contribution >= 4 is 34.1 Å². The number of anilines is 6. The molecule has 1 atom stereocenters. The number of hydrogen-bond donors (Lipinski definition) is 0. The Morgan fingerprint density at radius 3 is 1.22 bits per heavy atom. The van der Waals surface area contributed by atoms with Crippen molar-refractivity contribution in [3.63, 3.8) is 0 Å². The van der Waals surface area contributed by atoms with E-state index < -0.39 is 0 Å². The molecule has 0 saturated heterocycles. The third-order valence-electron chi connectivity index (χ3n) is 15.4. The fourth-order valence-corrected chi connectivity index (χ4v) is 11.7. The van der Waals surface area contributed by atoms with Gasteiger partial charge in [-0.15, -0.1) is 0 Å². The molecule has 2 heteroatoms. The SMILES string of the molecule is Cc1ccccc1-c1ccc(N(c2ccc(C3(C)CC(C)(C)c4ccc(N(c5cccc(-c6ccccc6)c5)c5ccc(-c6ccccc6C)cc5C)cc43)cc2)c2cccc(-c3ccccc3)c2)c(C)c1. The van der Waals surface area contributed by atoms with Crippen molar-refractivity contribution in [1.29, 1.82) is 0 Å². The lowest BCUT2D eigenvalue weighted by Gasteiger charge is -2.32. The molecule has 1 aliphatic carbocycles. The summed E-state index contributed by atoms with van der Waals surface area (Å²) >= 11 is 0. The number of fused-ring (bicyclic) bond motifs is 1. The maximum absolute atomic E-state index is 2.50. The third kappa shape index (κ3) is 8.62. The van der Waals surface area contributed by atoms with Crippen LogP contribution in [0.15, 0.2) is 237 Å². The van der Waals surface area contributed by atoms with Crippen LogP contribution in [0.3, 0.4) is 0 Å². The summed E-state index contributed by atoms with van der Waals surface area (Å²) in [6, 6.07) is 87.4. The summed E-state index contributed by atoms with van der Waals surface area (Å²) in [5.74, 6) is 0. The predicted molar refractivity (Wildman–Crippen MR) is 307 cm³/mol. The van der Waals surface area contributed by atoms with E-state index in [1.165, 1.54) is 89.1 Å². The highest BCUT2D eigenvalue weighted by molar-refractivity contribution is 5.86. The predicted octanol–water partition coefficient (Wildman–Crippen LogP) is 19.5. The summed E-state index contributed by atoms with van der Waals surface area (Å²) in [5, 5.41) is 0. The Kier molecular flexibility index (Phi) is 12.1. The van der Waals surface area contributed by atoms with Crippen LogP contribution >= 0.6 is 0 Å². The Balaban J connectivity index is 1.02. The summed E-state index contributed by atoms with van der Waals surface area (Å²) in [6.07, 6.45) is 0.994. The van der Waals surface area contributed by atoms with Gasteiger partial charge >= 0.3 is 0 Å². The molecular formula is C70H62N2. The monoisotopic (exact) mass is 930 g/mol.